The van der Waals surface area contributed by atoms with Crippen molar-refractivity contribution in [3.63, 3.8) is 0 Å². The van der Waals surface area contributed by atoms with Crippen LogP contribution >= 0.6 is 0 Å². The van der Waals surface area contributed by atoms with Crippen LogP contribution in [0.25, 0.3) is 0 Å². The Labute approximate surface area is 121 Å². The van der Waals surface area contributed by atoms with Gasteiger partial charge in [0.2, 0.25) is 10.0 Å². The highest BCUT2D eigenvalue weighted by atomic mass is 32.2. The quantitative estimate of drug-likeness (QED) is 0.838. The second-order valence-electron chi connectivity index (χ2n) is 5.56. The van der Waals surface area contributed by atoms with E-state index in [9.17, 15) is 8.42 Å². The number of rotatable bonds is 7. The fourth-order valence-corrected chi connectivity index (χ4v) is 3.58. The number of nitrogens with zero attached hydrogens (tertiary/aromatic N) is 2. The number of nitrogens with one attached hydrogen (secondary N) is 1. The summed E-state index contributed by atoms with van der Waals surface area (Å²) in [5, 5.41) is 3.16. The SMILES string of the molecule is CCCNc1ccncc1S(=O)(=O)N(C)CC1CC1C. The molecule has 1 aromatic rings. The van der Waals surface area contributed by atoms with Gasteiger partial charge in [0.15, 0.2) is 0 Å². The van der Waals surface area contributed by atoms with Gasteiger partial charge in [-0.15, -0.1) is 0 Å². The van der Waals surface area contributed by atoms with Gasteiger partial charge in [-0.25, -0.2) is 12.7 Å². The van der Waals surface area contributed by atoms with Crippen LogP contribution in [0.15, 0.2) is 23.4 Å². The molecular weight excluding hydrogens is 274 g/mol. The van der Waals surface area contributed by atoms with Crippen LogP contribution in [0.3, 0.4) is 0 Å². The highest BCUT2D eigenvalue weighted by Gasteiger charge is 2.36. The molecule has 1 saturated carbocycles. The number of pyridine rings is 1. The van der Waals surface area contributed by atoms with Crippen LogP contribution in [0, 0.1) is 11.8 Å². The third-order valence-corrected chi connectivity index (χ3v) is 5.66. The van der Waals surface area contributed by atoms with E-state index in [-0.39, 0.29) is 4.90 Å². The molecule has 1 N–H and O–H groups in total. The molecule has 2 unspecified atom stereocenters. The molecule has 0 spiro atoms. The molecule has 0 aromatic carbocycles. The Kier molecular flexibility index (Phi) is 4.65. The summed E-state index contributed by atoms with van der Waals surface area (Å²) in [6, 6.07) is 1.72. The molecular formula is C14H23N3O2S. The molecule has 1 fully saturated rings. The molecule has 6 heteroatoms. The van der Waals surface area contributed by atoms with Crippen LogP contribution in [0.2, 0.25) is 0 Å². The average molecular weight is 297 g/mol. The third kappa shape index (κ3) is 3.30. The van der Waals surface area contributed by atoms with Crippen LogP contribution in [-0.2, 0) is 10.0 Å². The summed E-state index contributed by atoms with van der Waals surface area (Å²) in [4.78, 5) is 4.23. The number of hydrogen-bond acceptors (Lipinski definition) is 4. The molecule has 1 heterocycles. The fraction of sp³-hybridized carbons (Fsp3) is 0.643. The maximum absolute atomic E-state index is 12.6. The number of hydrogen-bond donors (Lipinski definition) is 1. The van der Waals surface area contributed by atoms with Crippen molar-refractivity contribution in [3.8, 4) is 0 Å². The lowest BCUT2D eigenvalue weighted by molar-refractivity contribution is 0.444. The Bertz CT molecular complexity index is 559. The lowest BCUT2D eigenvalue weighted by atomic mass is 10.3. The Morgan fingerprint density at radius 3 is 2.80 bits per heavy atom. The minimum Gasteiger partial charge on any atom is -0.384 e. The van der Waals surface area contributed by atoms with Gasteiger partial charge >= 0.3 is 0 Å². The maximum Gasteiger partial charge on any atom is 0.246 e. The van der Waals surface area contributed by atoms with Gasteiger partial charge in [0, 0.05) is 32.5 Å². The van der Waals surface area contributed by atoms with E-state index in [0.29, 0.717) is 24.1 Å². The van der Waals surface area contributed by atoms with Crippen molar-refractivity contribution in [2.75, 3.05) is 25.5 Å². The zero-order valence-corrected chi connectivity index (χ0v) is 13.2. The van der Waals surface area contributed by atoms with E-state index >= 15 is 0 Å². The zero-order chi connectivity index (χ0) is 14.8. The summed E-state index contributed by atoms with van der Waals surface area (Å²) in [5.41, 5.74) is 0.637. The van der Waals surface area contributed by atoms with Crippen LogP contribution in [0.1, 0.15) is 26.7 Å². The van der Waals surface area contributed by atoms with Gasteiger partial charge < -0.3 is 5.32 Å². The van der Waals surface area contributed by atoms with E-state index in [1.165, 1.54) is 10.5 Å². The smallest absolute Gasteiger partial charge is 0.246 e. The summed E-state index contributed by atoms with van der Waals surface area (Å²) in [5.74, 6) is 1.14. The minimum absolute atomic E-state index is 0.268. The standard InChI is InChI=1S/C14H23N3O2S/c1-4-6-16-13-5-7-15-9-14(13)20(18,19)17(3)10-12-8-11(12)2/h5,7,9,11-12H,4,6,8,10H2,1-3H3,(H,15,16). The number of aromatic nitrogens is 1. The Balaban J connectivity index is 2.19. The van der Waals surface area contributed by atoms with Gasteiger partial charge in [-0.2, -0.15) is 0 Å². The summed E-state index contributed by atoms with van der Waals surface area (Å²) in [7, 11) is -1.82. The average Bonchev–Trinajstić information content (AvgIpc) is 3.12. The largest absolute Gasteiger partial charge is 0.384 e. The number of sulfonamides is 1. The fourth-order valence-electron chi connectivity index (χ4n) is 2.24. The lowest BCUT2D eigenvalue weighted by Gasteiger charge is -2.19. The normalized spacial score (nSPS) is 22.0. The molecule has 112 valence electrons. The van der Waals surface area contributed by atoms with Gasteiger partial charge in [-0.05, 0) is 30.7 Å². The molecule has 0 amide bonds. The minimum atomic E-state index is -3.47. The van der Waals surface area contributed by atoms with Gasteiger partial charge in [0.25, 0.3) is 0 Å². The van der Waals surface area contributed by atoms with Gasteiger partial charge in [0.05, 0.1) is 5.69 Å². The predicted molar refractivity (Wildman–Crippen MR) is 80.1 cm³/mol. The van der Waals surface area contributed by atoms with E-state index in [1.807, 2.05) is 6.92 Å². The molecule has 0 bridgehead atoms. The first-order valence-electron chi connectivity index (χ1n) is 7.11. The van der Waals surface area contributed by atoms with Gasteiger partial charge in [-0.3, -0.25) is 4.98 Å². The topological polar surface area (TPSA) is 62.3 Å². The molecule has 1 aliphatic carbocycles. The molecule has 0 aliphatic heterocycles. The van der Waals surface area contributed by atoms with E-state index in [0.717, 1.165) is 19.4 Å². The molecule has 0 saturated heterocycles. The van der Waals surface area contributed by atoms with Crippen LogP contribution < -0.4 is 5.32 Å². The molecule has 1 aromatic heterocycles. The highest BCUT2D eigenvalue weighted by Crippen LogP contribution is 2.39. The van der Waals surface area contributed by atoms with Crippen molar-refractivity contribution >= 4 is 15.7 Å². The Morgan fingerprint density at radius 1 is 1.50 bits per heavy atom. The summed E-state index contributed by atoms with van der Waals surface area (Å²) >= 11 is 0. The van der Waals surface area contributed by atoms with E-state index < -0.39 is 10.0 Å². The third-order valence-electron chi connectivity index (χ3n) is 3.81. The molecule has 20 heavy (non-hydrogen) atoms. The maximum atomic E-state index is 12.6. The summed E-state index contributed by atoms with van der Waals surface area (Å²) in [6.07, 6.45) is 5.10. The first kappa shape index (κ1) is 15.3. The first-order chi connectivity index (χ1) is 9.46. The Morgan fingerprint density at radius 2 is 2.20 bits per heavy atom. The van der Waals surface area contributed by atoms with Crippen LogP contribution in [-0.4, -0.2) is 37.8 Å². The van der Waals surface area contributed by atoms with Gasteiger partial charge in [-0.1, -0.05) is 13.8 Å². The monoisotopic (exact) mass is 297 g/mol. The van der Waals surface area contributed by atoms with Crippen molar-refractivity contribution in [2.45, 2.75) is 31.6 Å². The van der Waals surface area contributed by atoms with Crippen LogP contribution in [0.4, 0.5) is 5.69 Å². The number of anilines is 1. The summed E-state index contributed by atoms with van der Waals surface area (Å²) < 4.78 is 26.7. The van der Waals surface area contributed by atoms with Crippen molar-refractivity contribution in [2.24, 2.45) is 11.8 Å². The predicted octanol–water partition coefficient (Wildman–Crippen LogP) is 2.18. The van der Waals surface area contributed by atoms with Crippen molar-refractivity contribution in [1.29, 1.82) is 0 Å². The highest BCUT2D eigenvalue weighted by molar-refractivity contribution is 7.89. The molecule has 2 rings (SSSR count). The second kappa shape index (κ2) is 6.10. The second-order valence-corrected chi connectivity index (χ2v) is 7.57. The summed E-state index contributed by atoms with van der Waals surface area (Å²) in [6.45, 7) is 5.54. The van der Waals surface area contributed by atoms with E-state index in [4.69, 9.17) is 0 Å². The molecule has 1 aliphatic rings. The lowest BCUT2D eigenvalue weighted by Crippen LogP contribution is -2.30. The van der Waals surface area contributed by atoms with E-state index in [1.54, 1.807) is 19.3 Å². The molecule has 2 atom stereocenters. The van der Waals surface area contributed by atoms with Crippen molar-refractivity contribution in [1.82, 2.24) is 9.29 Å². The molecule has 5 nitrogen and oxygen atoms in total. The van der Waals surface area contributed by atoms with E-state index in [2.05, 4.69) is 17.2 Å². The van der Waals surface area contributed by atoms with Crippen LogP contribution in [0.5, 0.6) is 0 Å². The van der Waals surface area contributed by atoms with Crippen molar-refractivity contribution < 1.29 is 8.42 Å². The van der Waals surface area contributed by atoms with Gasteiger partial charge in [0.1, 0.15) is 4.90 Å². The zero-order valence-electron chi connectivity index (χ0n) is 12.3. The Hall–Kier alpha value is -1.14. The molecule has 0 radical (unpaired) electrons. The first-order valence-corrected chi connectivity index (χ1v) is 8.55. The van der Waals surface area contributed by atoms with Crippen molar-refractivity contribution in [3.05, 3.63) is 18.5 Å².